The van der Waals surface area contributed by atoms with E-state index in [2.05, 4.69) is 4.74 Å². The van der Waals surface area contributed by atoms with Crippen LogP contribution < -0.4 is 10.5 Å². The lowest BCUT2D eigenvalue weighted by molar-refractivity contribution is 0.0601. The summed E-state index contributed by atoms with van der Waals surface area (Å²) in [6.45, 7) is 0. The number of ether oxygens (including phenoxy) is 2. The van der Waals surface area contributed by atoms with Crippen LogP contribution in [0.25, 0.3) is 0 Å². The van der Waals surface area contributed by atoms with Gasteiger partial charge in [0, 0.05) is 4.90 Å². The molecule has 0 aliphatic rings. The Kier molecular flexibility index (Phi) is 4.53. The quantitative estimate of drug-likeness (QED) is 0.529. The fraction of sp³-hybridized carbons (Fsp3) is 0.133. The number of carbonyl (C=O) groups excluding carboxylic acids is 1. The van der Waals surface area contributed by atoms with Crippen LogP contribution in [0.15, 0.2) is 47.4 Å². The van der Waals surface area contributed by atoms with Gasteiger partial charge in [-0.15, -0.1) is 11.8 Å². The molecule has 0 atom stereocenters. The maximum absolute atomic E-state index is 11.4. The van der Waals surface area contributed by atoms with E-state index < -0.39 is 5.97 Å². The van der Waals surface area contributed by atoms with Crippen LogP contribution in [0.2, 0.25) is 0 Å². The molecule has 4 nitrogen and oxygen atoms in total. The molecule has 0 aromatic heterocycles. The van der Waals surface area contributed by atoms with E-state index in [0.717, 1.165) is 4.90 Å². The summed E-state index contributed by atoms with van der Waals surface area (Å²) in [7, 11) is 1.33. The maximum atomic E-state index is 11.4. The summed E-state index contributed by atoms with van der Waals surface area (Å²) in [5.74, 6) is 0.780. The summed E-state index contributed by atoms with van der Waals surface area (Å²) < 4.78 is 10.3. The van der Waals surface area contributed by atoms with Gasteiger partial charge >= 0.3 is 5.97 Å². The van der Waals surface area contributed by atoms with Crippen LogP contribution in [0.4, 0.5) is 5.69 Å². The number of thioether (sulfide) groups is 1. The molecule has 2 rings (SSSR count). The molecule has 0 saturated carbocycles. The first kappa shape index (κ1) is 14.3. The molecular formula is C15H15NO3S. The van der Waals surface area contributed by atoms with Crippen LogP contribution in [0.1, 0.15) is 10.4 Å². The van der Waals surface area contributed by atoms with Gasteiger partial charge in [-0.1, -0.05) is 0 Å². The highest BCUT2D eigenvalue weighted by Gasteiger charge is 2.09. The van der Waals surface area contributed by atoms with Gasteiger partial charge in [-0.3, -0.25) is 0 Å². The Balaban J connectivity index is 2.18. The van der Waals surface area contributed by atoms with Crippen molar-refractivity contribution in [1.82, 2.24) is 0 Å². The van der Waals surface area contributed by atoms with E-state index >= 15 is 0 Å². The molecule has 0 amide bonds. The first-order chi connectivity index (χ1) is 9.63. The normalized spacial score (nSPS) is 10.1. The van der Waals surface area contributed by atoms with Crippen molar-refractivity contribution < 1.29 is 14.3 Å². The standard InChI is InChI=1S/C15H15NO3S/c1-18-15(17)10-3-8-14(13(16)9-10)19-11-4-6-12(20-2)7-5-11/h3-9H,16H2,1-2H3. The Morgan fingerprint density at radius 3 is 2.40 bits per heavy atom. The minimum atomic E-state index is -0.424. The van der Waals surface area contributed by atoms with Crippen LogP contribution in [0, 0.1) is 0 Å². The highest BCUT2D eigenvalue weighted by molar-refractivity contribution is 7.98. The van der Waals surface area contributed by atoms with Gasteiger partial charge < -0.3 is 15.2 Å². The molecule has 5 heteroatoms. The molecule has 104 valence electrons. The van der Waals surface area contributed by atoms with E-state index in [0.29, 0.717) is 22.7 Å². The second kappa shape index (κ2) is 6.34. The van der Waals surface area contributed by atoms with Crippen molar-refractivity contribution in [3.8, 4) is 11.5 Å². The van der Waals surface area contributed by atoms with Gasteiger partial charge in [0.15, 0.2) is 0 Å². The summed E-state index contributed by atoms with van der Waals surface area (Å²) in [6.07, 6.45) is 2.01. The zero-order valence-electron chi connectivity index (χ0n) is 11.3. The Bertz CT molecular complexity index is 611. The Morgan fingerprint density at radius 2 is 1.85 bits per heavy atom. The number of carbonyl (C=O) groups is 1. The fourth-order valence-electron chi connectivity index (χ4n) is 1.66. The van der Waals surface area contributed by atoms with Crippen molar-refractivity contribution in [2.75, 3.05) is 19.1 Å². The number of nitrogens with two attached hydrogens (primary N) is 1. The number of benzene rings is 2. The molecule has 2 N–H and O–H groups in total. The van der Waals surface area contributed by atoms with E-state index in [1.54, 1.807) is 23.9 Å². The van der Waals surface area contributed by atoms with Crippen LogP contribution >= 0.6 is 11.8 Å². The predicted molar refractivity (Wildman–Crippen MR) is 80.5 cm³/mol. The molecule has 0 fully saturated rings. The summed E-state index contributed by atoms with van der Waals surface area (Å²) in [6, 6.07) is 12.5. The highest BCUT2D eigenvalue weighted by Crippen LogP contribution is 2.29. The van der Waals surface area contributed by atoms with Gasteiger partial charge in [-0.25, -0.2) is 4.79 Å². The van der Waals surface area contributed by atoms with Crippen LogP contribution in [-0.4, -0.2) is 19.3 Å². The monoisotopic (exact) mass is 289 g/mol. The predicted octanol–water partition coefficient (Wildman–Crippen LogP) is 3.57. The van der Waals surface area contributed by atoms with Gasteiger partial charge in [-0.2, -0.15) is 0 Å². The molecule has 0 aliphatic carbocycles. The van der Waals surface area contributed by atoms with Crippen molar-refractivity contribution in [2.24, 2.45) is 0 Å². The van der Waals surface area contributed by atoms with Gasteiger partial charge in [0.05, 0.1) is 18.4 Å². The average Bonchev–Trinajstić information content (AvgIpc) is 2.49. The number of hydrogen-bond acceptors (Lipinski definition) is 5. The van der Waals surface area contributed by atoms with Crippen molar-refractivity contribution in [1.29, 1.82) is 0 Å². The smallest absolute Gasteiger partial charge is 0.337 e. The SMILES string of the molecule is COC(=O)c1ccc(Oc2ccc(SC)cc2)c(N)c1. The van der Waals surface area contributed by atoms with Crippen molar-refractivity contribution >= 4 is 23.4 Å². The third-order valence-corrected chi connectivity index (χ3v) is 3.46. The second-order valence-corrected chi connectivity index (χ2v) is 4.90. The Hall–Kier alpha value is -2.14. The van der Waals surface area contributed by atoms with E-state index in [4.69, 9.17) is 10.5 Å². The number of nitrogen functional groups attached to an aromatic ring is 1. The average molecular weight is 289 g/mol. The van der Waals surface area contributed by atoms with Crippen molar-refractivity contribution in [3.63, 3.8) is 0 Å². The van der Waals surface area contributed by atoms with E-state index in [1.165, 1.54) is 13.2 Å². The maximum Gasteiger partial charge on any atom is 0.337 e. The third kappa shape index (κ3) is 3.24. The zero-order chi connectivity index (χ0) is 14.5. The molecule has 0 aliphatic heterocycles. The Labute approximate surface area is 121 Å². The van der Waals surface area contributed by atoms with Gasteiger partial charge in [0.2, 0.25) is 0 Å². The minimum Gasteiger partial charge on any atom is -0.465 e. The highest BCUT2D eigenvalue weighted by atomic mass is 32.2. The molecule has 0 radical (unpaired) electrons. The number of methoxy groups -OCH3 is 1. The minimum absolute atomic E-state index is 0.391. The number of anilines is 1. The molecule has 0 heterocycles. The molecule has 2 aromatic carbocycles. The molecule has 0 spiro atoms. The van der Waals surface area contributed by atoms with Crippen molar-refractivity contribution in [3.05, 3.63) is 48.0 Å². The molecule has 0 saturated heterocycles. The largest absolute Gasteiger partial charge is 0.465 e. The number of hydrogen-bond donors (Lipinski definition) is 1. The molecule has 0 bridgehead atoms. The van der Waals surface area contributed by atoms with Crippen LogP contribution in [0.3, 0.4) is 0 Å². The lowest BCUT2D eigenvalue weighted by Crippen LogP contribution is -2.02. The zero-order valence-corrected chi connectivity index (χ0v) is 12.1. The third-order valence-electron chi connectivity index (χ3n) is 2.72. The summed E-state index contributed by atoms with van der Waals surface area (Å²) in [4.78, 5) is 12.5. The van der Waals surface area contributed by atoms with Crippen LogP contribution in [-0.2, 0) is 4.74 Å². The first-order valence-corrected chi connectivity index (χ1v) is 7.16. The Morgan fingerprint density at radius 1 is 1.15 bits per heavy atom. The number of esters is 1. The summed E-state index contributed by atoms with van der Waals surface area (Å²) >= 11 is 1.66. The van der Waals surface area contributed by atoms with E-state index in [1.807, 2.05) is 30.5 Å². The van der Waals surface area contributed by atoms with Gasteiger partial charge in [-0.05, 0) is 48.7 Å². The second-order valence-electron chi connectivity index (χ2n) is 4.02. The fourth-order valence-corrected chi connectivity index (χ4v) is 2.07. The van der Waals surface area contributed by atoms with Crippen molar-refractivity contribution in [2.45, 2.75) is 4.90 Å². The topological polar surface area (TPSA) is 61.5 Å². The van der Waals surface area contributed by atoms with E-state index in [-0.39, 0.29) is 0 Å². The molecule has 2 aromatic rings. The number of rotatable bonds is 4. The van der Waals surface area contributed by atoms with Gasteiger partial charge in [0.1, 0.15) is 11.5 Å². The molecule has 0 unspecified atom stereocenters. The van der Waals surface area contributed by atoms with E-state index in [9.17, 15) is 4.79 Å². The first-order valence-electron chi connectivity index (χ1n) is 5.94. The molecule has 20 heavy (non-hydrogen) atoms. The van der Waals surface area contributed by atoms with Crippen LogP contribution in [0.5, 0.6) is 11.5 Å². The lowest BCUT2D eigenvalue weighted by Gasteiger charge is -2.10. The summed E-state index contributed by atoms with van der Waals surface area (Å²) in [5, 5.41) is 0. The lowest BCUT2D eigenvalue weighted by atomic mass is 10.2. The van der Waals surface area contributed by atoms with Gasteiger partial charge in [0.25, 0.3) is 0 Å². The summed E-state index contributed by atoms with van der Waals surface area (Å²) in [5.41, 5.74) is 6.67. The molecular weight excluding hydrogens is 274 g/mol.